The number of carboxylic acid groups (broad SMARTS) is 1. The molecule has 0 spiro atoms. The second-order valence-corrected chi connectivity index (χ2v) is 6.96. The van der Waals surface area contributed by atoms with E-state index in [1.807, 2.05) is 0 Å². The molecule has 0 aromatic rings. The molecule has 0 aliphatic carbocycles. The predicted octanol–water partition coefficient (Wildman–Crippen LogP) is 1.90. The van der Waals surface area contributed by atoms with E-state index in [0.717, 1.165) is 38.4 Å². The molecule has 1 atom stereocenters. The van der Waals surface area contributed by atoms with E-state index in [1.54, 1.807) is 11.8 Å². The van der Waals surface area contributed by atoms with Crippen LogP contribution >= 0.6 is 11.8 Å². The number of nitrogens with one attached hydrogen (secondary N) is 1. The van der Waals surface area contributed by atoms with Gasteiger partial charge in [0.15, 0.2) is 0 Å². The van der Waals surface area contributed by atoms with Gasteiger partial charge in [-0.05, 0) is 30.7 Å². The Balaban J connectivity index is 2.69. The molecule has 19 heavy (non-hydrogen) atoms. The molecule has 1 aliphatic heterocycles. The molecule has 0 bridgehead atoms. The number of carbonyl (C=O) groups is 1. The normalized spacial score (nSPS) is 26.6. The first-order chi connectivity index (χ1) is 8.89. The predicted molar refractivity (Wildman–Crippen MR) is 81.9 cm³/mol. The third kappa shape index (κ3) is 3.64. The van der Waals surface area contributed by atoms with Gasteiger partial charge >= 0.3 is 5.97 Å². The van der Waals surface area contributed by atoms with Crippen molar-refractivity contribution in [1.29, 1.82) is 0 Å². The van der Waals surface area contributed by atoms with Gasteiger partial charge in [-0.3, -0.25) is 10.1 Å². The van der Waals surface area contributed by atoms with Crippen molar-refractivity contribution in [1.82, 2.24) is 10.2 Å². The Kier molecular flexibility index (Phi) is 6.15. The first-order valence-corrected chi connectivity index (χ1v) is 8.33. The van der Waals surface area contributed by atoms with Crippen molar-refractivity contribution in [3.8, 4) is 0 Å². The Morgan fingerprint density at radius 3 is 2.47 bits per heavy atom. The highest BCUT2D eigenvalue weighted by Gasteiger charge is 2.52. The maximum Gasteiger partial charge on any atom is 0.325 e. The smallest absolute Gasteiger partial charge is 0.325 e. The van der Waals surface area contributed by atoms with Gasteiger partial charge in [0, 0.05) is 18.8 Å². The maximum absolute atomic E-state index is 11.8. The van der Waals surface area contributed by atoms with E-state index in [4.69, 9.17) is 0 Å². The van der Waals surface area contributed by atoms with Crippen LogP contribution in [0.25, 0.3) is 0 Å². The van der Waals surface area contributed by atoms with Gasteiger partial charge in [-0.1, -0.05) is 27.7 Å². The molecule has 0 aromatic heterocycles. The average molecular weight is 288 g/mol. The molecule has 1 aliphatic rings. The third-order valence-corrected chi connectivity index (χ3v) is 5.59. The van der Waals surface area contributed by atoms with Crippen LogP contribution in [0.5, 0.6) is 0 Å². The minimum Gasteiger partial charge on any atom is -0.480 e. The topological polar surface area (TPSA) is 52.6 Å². The summed E-state index contributed by atoms with van der Waals surface area (Å²) in [5.74, 6) is 1.01. The highest BCUT2D eigenvalue weighted by Crippen LogP contribution is 2.42. The lowest BCUT2D eigenvalue weighted by molar-refractivity contribution is -0.149. The van der Waals surface area contributed by atoms with Crippen molar-refractivity contribution in [3.05, 3.63) is 0 Å². The largest absolute Gasteiger partial charge is 0.480 e. The molecule has 2 N–H and O–H groups in total. The summed E-state index contributed by atoms with van der Waals surface area (Å²) >= 11 is 1.75. The fourth-order valence-corrected chi connectivity index (χ4v) is 4.37. The number of likely N-dealkylation sites (N-methyl/N-ethyl adjacent to an activating group) is 1. The van der Waals surface area contributed by atoms with Crippen LogP contribution in [-0.2, 0) is 4.79 Å². The molecule has 1 saturated heterocycles. The molecule has 1 unspecified atom stereocenters. The number of aliphatic carboxylic acids is 1. The Hall–Kier alpha value is -0.260. The Bertz CT molecular complexity index is 306. The number of carboxylic acids is 1. The molecule has 0 radical (unpaired) electrons. The molecular formula is C14H28N2O2S. The molecule has 1 rings (SSSR count). The number of thioether (sulfide) groups is 1. The van der Waals surface area contributed by atoms with E-state index in [0.29, 0.717) is 5.75 Å². The molecule has 0 aromatic carbocycles. The van der Waals surface area contributed by atoms with Gasteiger partial charge in [0.2, 0.25) is 0 Å². The summed E-state index contributed by atoms with van der Waals surface area (Å²) in [5.41, 5.74) is -0.990. The summed E-state index contributed by atoms with van der Waals surface area (Å²) in [6, 6.07) is 0. The van der Waals surface area contributed by atoms with E-state index in [9.17, 15) is 9.90 Å². The Morgan fingerprint density at radius 1 is 1.37 bits per heavy atom. The minimum atomic E-state index is -0.789. The zero-order chi connectivity index (χ0) is 14.5. The summed E-state index contributed by atoms with van der Waals surface area (Å²) in [5, 5.41) is 13.1. The van der Waals surface area contributed by atoms with Gasteiger partial charge in [-0.15, -0.1) is 0 Å². The molecular weight excluding hydrogens is 260 g/mol. The first kappa shape index (κ1) is 16.8. The summed E-state index contributed by atoms with van der Waals surface area (Å²) in [7, 11) is 0. The monoisotopic (exact) mass is 288 g/mol. The molecule has 0 saturated carbocycles. The highest BCUT2D eigenvalue weighted by molar-refractivity contribution is 7.99. The van der Waals surface area contributed by atoms with Crippen molar-refractivity contribution in [3.63, 3.8) is 0 Å². The fraction of sp³-hybridized carbons (Fsp3) is 0.929. The van der Waals surface area contributed by atoms with E-state index >= 15 is 0 Å². The Morgan fingerprint density at radius 2 is 2.00 bits per heavy atom. The molecule has 112 valence electrons. The van der Waals surface area contributed by atoms with Gasteiger partial charge in [0.1, 0.15) is 5.54 Å². The summed E-state index contributed by atoms with van der Waals surface area (Å²) in [4.78, 5) is 14.1. The lowest BCUT2D eigenvalue weighted by Crippen LogP contribution is -2.66. The van der Waals surface area contributed by atoms with E-state index in [1.165, 1.54) is 0 Å². The van der Waals surface area contributed by atoms with Gasteiger partial charge in [-0.25, -0.2) is 0 Å². The van der Waals surface area contributed by atoms with Crippen LogP contribution in [0.2, 0.25) is 0 Å². The van der Waals surface area contributed by atoms with Crippen LogP contribution in [-0.4, -0.2) is 59.2 Å². The molecule has 1 heterocycles. The summed E-state index contributed by atoms with van der Waals surface area (Å²) in [6.45, 7) is 12.1. The zero-order valence-electron chi connectivity index (χ0n) is 12.7. The van der Waals surface area contributed by atoms with Crippen LogP contribution in [0.3, 0.4) is 0 Å². The van der Waals surface area contributed by atoms with Crippen LogP contribution in [0, 0.1) is 5.41 Å². The van der Waals surface area contributed by atoms with Crippen molar-refractivity contribution >= 4 is 17.7 Å². The van der Waals surface area contributed by atoms with Crippen molar-refractivity contribution < 1.29 is 9.90 Å². The number of rotatable bonds is 7. The van der Waals surface area contributed by atoms with E-state index in [2.05, 4.69) is 37.9 Å². The van der Waals surface area contributed by atoms with Gasteiger partial charge in [-0.2, -0.15) is 11.8 Å². The molecule has 0 amide bonds. The van der Waals surface area contributed by atoms with Gasteiger partial charge in [0.25, 0.3) is 0 Å². The van der Waals surface area contributed by atoms with E-state index < -0.39 is 11.5 Å². The van der Waals surface area contributed by atoms with Gasteiger partial charge in [0.05, 0.1) is 0 Å². The SMILES string of the molecule is CCN(CC)CCNC1(C(=O)O)CSCCC1(C)C. The zero-order valence-corrected chi connectivity index (χ0v) is 13.5. The third-order valence-electron chi connectivity index (χ3n) is 4.46. The van der Waals surface area contributed by atoms with Crippen LogP contribution in [0.1, 0.15) is 34.1 Å². The fourth-order valence-electron chi connectivity index (χ4n) is 2.65. The van der Waals surface area contributed by atoms with Crippen LogP contribution < -0.4 is 5.32 Å². The lowest BCUT2D eigenvalue weighted by atomic mass is 9.70. The number of hydrogen-bond acceptors (Lipinski definition) is 4. The van der Waals surface area contributed by atoms with Crippen LogP contribution in [0.15, 0.2) is 0 Å². The molecule has 4 nitrogen and oxygen atoms in total. The minimum absolute atomic E-state index is 0.201. The highest BCUT2D eigenvalue weighted by atomic mass is 32.2. The van der Waals surface area contributed by atoms with Gasteiger partial charge < -0.3 is 10.0 Å². The Labute approximate surface area is 121 Å². The van der Waals surface area contributed by atoms with Crippen LogP contribution in [0.4, 0.5) is 0 Å². The second kappa shape index (κ2) is 6.95. The van der Waals surface area contributed by atoms with Crippen molar-refractivity contribution in [2.45, 2.75) is 39.7 Å². The van der Waals surface area contributed by atoms with E-state index in [-0.39, 0.29) is 5.41 Å². The second-order valence-electron chi connectivity index (χ2n) is 5.85. The maximum atomic E-state index is 11.8. The quantitative estimate of drug-likeness (QED) is 0.749. The first-order valence-electron chi connectivity index (χ1n) is 7.18. The summed E-state index contributed by atoms with van der Waals surface area (Å²) in [6.07, 6.45) is 0.947. The number of hydrogen-bond donors (Lipinski definition) is 2. The standard InChI is InChI=1S/C14H28N2O2S/c1-5-16(6-2)9-8-15-14(12(17)18)11-19-10-7-13(14,3)4/h15H,5-11H2,1-4H3,(H,17,18). The van der Waals surface area contributed by atoms with Crippen molar-refractivity contribution in [2.24, 2.45) is 5.41 Å². The van der Waals surface area contributed by atoms with Crippen molar-refractivity contribution in [2.75, 3.05) is 37.7 Å². The lowest BCUT2D eigenvalue weighted by Gasteiger charge is -2.47. The molecule has 1 fully saturated rings. The number of nitrogens with zero attached hydrogens (tertiary/aromatic N) is 1. The molecule has 5 heteroatoms. The summed E-state index contributed by atoms with van der Waals surface area (Å²) < 4.78 is 0. The average Bonchev–Trinajstić information content (AvgIpc) is 2.36.